The molecule has 2 aromatic carbocycles. The van der Waals surface area contributed by atoms with Gasteiger partial charge >= 0.3 is 0 Å². The average Bonchev–Trinajstić information content (AvgIpc) is 2.36. The Morgan fingerprint density at radius 2 is 2.00 bits per heavy atom. The summed E-state index contributed by atoms with van der Waals surface area (Å²) in [7, 11) is 0. The fourth-order valence-electron chi connectivity index (χ4n) is 1.51. The molecule has 0 aliphatic heterocycles. The molecular weight excluding hydrogens is 292 g/mol. The van der Waals surface area contributed by atoms with E-state index in [1.165, 1.54) is 0 Å². The third-order valence-electron chi connectivity index (χ3n) is 2.52. The monoisotopic (exact) mass is 302 g/mol. The summed E-state index contributed by atoms with van der Waals surface area (Å²) < 4.78 is 6.69. The highest BCUT2D eigenvalue weighted by Crippen LogP contribution is 2.29. The summed E-state index contributed by atoms with van der Waals surface area (Å²) in [6.07, 6.45) is 0. The Morgan fingerprint density at radius 1 is 1.22 bits per heavy atom. The summed E-state index contributed by atoms with van der Waals surface area (Å²) >= 11 is 3.40. The highest BCUT2D eigenvalue weighted by atomic mass is 79.9. The smallest absolute Gasteiger partial charge is 0.131 e. The summed E-state index contributed by atoms with van der Waals surface area (Å²) in [5.74, 6) is 1.35. The molecule has 2 aromatic rings. The molecule has 18 heavy (non-hydrogen) atoms. The number of nitrogens with two attached hydrogens (primary N) is 1. The van der Waals surface area contributed by atoms with Gasteiger partial charge < -0.3 is 10.5 Å². The number of anilines is 1. The first-order chi connectivity index (χ1) is 8.60. The minimum absolute atomic E-state index is 0.417. The average molecular weight is 303 g/mol. The highest BCUT2D eigenvalue weighted by Gasteiger charge is 2.05. The largest absolute Gasteiger partial charge is 0.457 e. The second kappa shape index (κ2) is 5.11. The van der Waals surface area contributed by atoms with Crippen molar-refractivity contribution in [3.63, 3.8) is 0 Å². The molecule has 4 heteroatoms. The zero-order chi connectivity index (χ0) is 13.1. The van der Waals surface area contributed by atoms with Gasteiger partial charge in [-0.05, 0) is 36.8 Å². The van der Waals surface area contributed by atoms with Gasteiger partial charge in [0.15, 0.2) is 0 Å². The van der Waals surface area contributed by atoms with Gasteiger partial charge in [0.1, 0.15) is 17.6 Å². The molecule has 0 radical (unpaired) electrons. The van der Waals surface area contributed by atoms with E-state index in [-0.39, 0.29) is 0 Å². The number of aryl methyl sites for hydroxylation is 1. The fraction of sp³-hybridized carbons (Fsp3) is 0.0714. The van der Waals surface area contributed by atoms with Gasteiger partial charge in [-0.1, -0.05) is 22.0 Å². The van der Waals surface area contributed by atoms with E-state index in [0.717, 1.165) is 15.8 Å². The molecule has 0 heterocycles. The van der Waals surface area contributed by atoms with Crippen LogP contribution >= 0.6 is 15.9 Å². The van der Waals surface area contributed by atoms with Crippen molar-refractivity contribution in [1.29, 1.82) is 5.26 Å². The Hall–Kier alpha value is -1.99. The van der Waals surface area contributed by atoms with Gasteiger partial charge in [0.05, 0.1) is 5.56 Å². The molecule has 0 aromatic heterocycles. The lowest BCUT2D eigenvalue weighted by molar-refractivity contribution is 0.478. The van der Waals surface area contributed by atoms with E-state index in [4.69, 9.17) is 15.7 Å². The van der Waals surface area contributed by atoms with E-state index < -0.39 is 0 Å². The molecule has 0 saturated carbocycles. The summed E-state index contributed by atoms with van der Waals surface area (Å²) in [5.41, 5.74) is 7.55. The van der Waals surface area contributed by atoms with Crippen LogP contribution in [0.4, 0.5) is 5.69 Å². The molecule has 0 aliphatic rings. The third kappa shape index (κ3) is 2.63. The second-order valence-corrected chi connectivity index (χ2v) is 4.79. The normalized spacial score (nSPS) is 9.83. The Balaban J connectivity index is 2.34. The van der Waals surface area contributed by atoms with Crippen LogP contribution in [0.1, 0.15) is 11.1 Å². The first kappa shape index (κ1) is 12.5. The molecule has 0 saturated heterocycles. The fourth-order valence-corrected chi connectivity index (χ4v) is 1.85. The second-order valence-electron chi connectivity index (χ2n) is 3.87. The van der Waals surface area contributed by atoms with Crippen LogP contribution < -0.4 is 10.5 Å². The number of halogens is 1. The molecule has 2 N–H and O–H groups in total. The van der Waals surface area contributed by atoms with Gasteiger partial charge in [-0.25, -0.2) is 0 Å². The number of benzene rings is 2. The molecule has 0 amide bonds. The van der Waals surface area contributed by atoms with Crippen LogP contribution in [0.25, 0.3) is 0 Å². The predicted molar refractivity (Wildman–Crippen MR) is 74.5 cm³/mol. The lowest BCUT2D eigenvalue weighted by Gasteiger charge is -2.10. The predicted octanol–water partition coefficient (Wildman–Crippen LogP) is 4.00. The lowest BCUT2D eigenvalue weighted by Crippen LogP contribution is -1.92. The van der Waals surface area contributed by atoms with Crippen molar-refractivity contribution >= 4 is 21.6 Å². The Kier molecular flexibility index (Phi) is 3.54. The molecule has 0 atom stereocenters. The minimum Gasteiger partial charge on any atom is -0.457 e. The van der Waals surface area contributed by atoms with E-state index in [9.17, 15) is 0 Å². The number of nitrogen functional groups attached to an aromatic ring is 1. The number of hydrogen-bond acceptors (Lipinski definition) is 3. The topological polar surface area (TPSA) is 59.0 Å². The van der Waals surface area contributed by atoms with Crippen LogP contribution in [-0.2, 0) is 0 Å². The number of hydrogen-bond donors (Lipinski definition) is 1. The molecular formula is C14H11BrN2O. The van der Waals surface area contributed by atoms with Crippen LogP contribution in [0.15, 0.2) is 40.9 Å². The van der Waals surface area contributed by atoms with E-state index >= 15 is 0 Å². The number of rotatable bonds is 2. The maximum absolute atomic E-state index is 8.91. The summed E-state index contributed by atoms with van der Waals surface area (Å²) in [4.78, 5) is 0. The van der Waals surface area contributed by atoms with Gasteiger partial charge in [0, 0.05) is 16.2 Å². The molecule has 0 spiro atoms. The van der Waals surface area contributed by atoms with Crippen molar-refractivity contribution in [2.75, 3.05) is 5.73 Å². The summed E-state index contributed by atoms with van der Waals surface area (Å²) in [5, 5.41) is 8.91. The standard InChI is InChI=1S/C14H11BrN2O/c1-9-2-3-11(15)7-14(9)18-12-4-5-13(17)10(6-12)8-16/h2-7H,17H2,1H3. The molecule has 0 aliphatic carbocycles. The maximum atomic E-state index is 8.91. The van der Waals surface area contributed by atoms with Crippen molar-refractivity contribution in [3.05, 3.63) is 52.0 Å². The van der Waals surface area contributed by atoms with Crippen molar-refractivity contribution in [3.8, 4) is 17.6 Å². The van der Waals surface area contributed by atoms with Gasteiger partial charge in [0.2, 0.25) is 0 Å². The zero-order valence-corrected chi connectivity index (χ0v) is 11.4. The number of ether oxygens (including phenoxy) is 1. The molecule has 90 valence electrons. The lowest BCUT2D eigenvalue weighted by atomic mass is 10.2. The van der Waals surface area contributed by atoms with Crippen molar-refractivity contribution in [2.45, 2.75) is 6.92 Å². The highest BCUT2D eigenvalue weighted by molar-refractivity contribution is 9.10. The van der Waals surface area contributed by atoms with Gasteiger partial charge in [-0.15, -0.1) is 0 Å². The van der Waals surface area contributed by atoms with Gasteiger partial charge in [0.25, 0.3) is 0 Å². The van der Waals surface area contributed by atoms with Gasteiger partial charge in [-0.3, -0.25) is 0 Å². The maximum Gasteiger partial charge on any atom is 0.131 e. The van der Waals surface area contributed by atoms with Crippen LogP contribution in [-0.4, -0.2) is 0 Å². The van der Waals surface area contributed by atoms with Crippen LogP contribution in [0.3, 0.4) is 0 Å². The van der Waals surface area contributed by atoms with E-state index in [0.29, 0.717) is 17.0 Å². The summed E-state index contributed by atoms with van der Waals surface area (Å²) in [6.45, 7) is 1.96. The third-order valence-corrected chi connectivity index (χ3v) is 3.02. The van der Waals surface area contributed by atoms with Gasteiger partial charge in [-0.2, -0.15) is 5.26 Å². The first-order valence-electron chi connectivity index (χ1n) is 5.34. The van der Waals surface area contributed by atoms with Crippen LogP contribution in [0, 0.1) is 18.3 Å². The molecule has 3 nitrogen and oxygen atoms in total. The van der Waals surface area contributed by atoms with Crippen LogP contribution in [0.2, 0.25) is 0 Å². The number of nitrogens with zero attached hydrogens (tertiary/aromatic N) is 1. The number of nitriles is 1. The SMILES string of the molecule is Cc1ccc(Br)cc1Oc1ccc(N)c(C#N)c1. The van der Waals surface area contributed by atoms with Crippen molar-refractivity contribution in [1.82, 2.24) is 0 Å². The minimum atomic E-state index is 0.417. The van der Waals surface area contributed by atoms with E-state index in [1.54, 1.807) is 18.2 Å². The first-order valence-corrected chi connectivity index (χ1v) is 6.13. The van der Waals surface area contributed by atoms with Crippen molar-refractivity contribution in [2.24, 2.45) is 0 Å². The zero-order valence-electron chi connectivity index (χ0n) is 9.77. The van der Waals surface area contributed by atoms with Crippen LogP contribution in [0.5, 0.6) is 11.5 Å². The Morgan fingerprint density at radius 3 is 2.72 bits per heavy atom. The molecule has 0 bridgehead atoms. The van der Waals surface area contributed by atoms with E-state index in [2.05, 4.69) is 15.9 Å². The molecule has 2 rings (SSSR count). The quantitative estimate of drug-likeness (QED) is 0.853. The molecule has 0 unspecified atom stereocenters. The Labute approximate surface area is 114 Å². The van der Waals surface area contributed by atoms with E-state index in [1.807, 2.05) is 31.2 Å². The summed E-state index contributed by atoms with van der Waals surface area (Å²) in [6, 6.07) is 12.9. The van der Waals surface area contributed by atoms with Crippen molar-refractivity contribution < 1.29 is 4.74 Å². The Bertz CT molecular complexity index is 632. The molecule has 0 fully saturated rings.